The zero-order chi connectivity index (χ0) is 25.9. The van der Waals surface area contributed by atoms with Crippen LogP contribution in [0.3, 0.4) is 0 Å². The highest BCUT2D eigenvalue weighted by Crippen LogP contribution is 2.29. The van der Waals surface area contributed by atoms with Gasteiger partial charge in [-0.2, -0.15) is 0 Å². The summed E-state index contributed by atoms with van der Waals surface area (Å²) in [7, 11) is 1.59. The molecule has 36 heavy (non-hydrogen) atoms. The van der Waals surface area contributed by atoms with Gasteiger partial charge < -0.3 is 26.5 Å². The van der Waals surface area contributed by atoms with Crippen molar-refractivity contribution < 1.29 is 14.3 Å². The fourth-order valence-electron chi connectivity index (χ4n) is 4.29. The maximum Gasteiger partial charge on any atom is 0.240 e. The van der Waals surface area contributed by atoms with E-state index in [1.165, 1.54) is 6.21 Å². The molecule has 7 nitrogen and oxygen atoms in total. The molecule has 0 fully saturated rings. The number of nitrogens with one attached hydrogen (secondary N) is 1. The van der Waals surface area contributed by atoms with Crippen molar-refractivity contribution in [2.45, 2.75) is 43.8 Å². The Morgan fingerprint density at radius 2 is 1.47 bits per heavy atom. The molecule has 0 aliphatic rings. The first-order chi connectivity index (χ1) is 17.4. The number of hydrogen-bond donors (Lipinski definition) is 3. The van der Waals surface area contributed by atoms with E-state index in [0.29, 0.717) is 25.0 Å². The molecule has 0 heterocycles. The van der Waals surface area contributed by atoms with Gasteiger partial charge in [0.25, 0.3) is 0 Å². The van der Waals surface area contributed by atoms with E-state index in [0.717, 1.165) is 16.7 Å². The lowest BCUT2D eigenvalue weighted by atomic mass is 9.89. The number of ether oxygens (including phenoxy) is 1. The van der Waals surface area contributed by atoms with Crippen LogP contribution in [0.2, 0.25) is 0 Å². The Labute approximate surface area is 212 Å². The lowest BCUT2D eigenvalue weighted by Gasteiger charge is -2.33. The summed E-state index contributed by atoms with van der Waals surface area (Å²) >= 11 is 0. The van der Waals surface area contributed by atoms with E-state index in [2.05, 4.69) is 0 Å². The highest BCUT2D eigenvalue weighted by atomic mass is 16.5. The van der Waals surface area contributed by atoms with Crippen molar-refractivity contribution in [3.8, 4) is 5.75 Å². The van der Waals surface area contributed by atoms with Crippen molar-refractivity contribution in [1.29, 1.82) is 5.41 Å². The number of carbonyl (C=O) groups is 2. The highest BCUT2D eigenvalue weighted by Gasteiger charge is 2.34. The van der Waals surface area contributed by atoms with Crippen LogP contribution < -0.4 is 16.2 Å². The van der Waals surface area contributed by atoms with Crippen LogP contribution in [0.15, 0.2) is 84.9 Å². The Hall–Kier alpha value is -3.97. The third-order valence-corrected chi connectivity index (χ3v) is 6.24. The van der Waals surface area contributed by atoms with Crippen LogP contribution in [-0.2, 0) is 16.1 Å². The Morgan fingerprint density at radius 1 is 0.917 bits per heavy atom. The predicted molar refractivity (Wildman–Crippen MR) is 142 cm³/mol. The van der Waals surface area contributed by atoms with Gasteiger partial charge in [-0.15, -0.1) is 0 Å². The number of nitrogens with zero attached hydrogens (tertiary/aromatic N) is 1. The third-order valence-electron chi connectivity index (χ3n) is 6.24. The molecule has 2 amide bonds. The quantitative estimate of drug-likeness (QED) is 0.318. The summed E-state index contributed by atoms with van der Waals surface area (Å²) in [5, 5.41) is 7.34. The molecule has 3 aromatic rings. The van der Waals surface area contributed by atoms with E-state index in [9.17, 15) is 9.59 Å². The molecule has 1 unspecified atom stereocenters. The topological polar surface area (TPSA) is 122 Å². The molecule has 0 aliphatic heterocycles. The molecule has 3 aromatic carbocycles. The van der Waals surface area contributed by atoms with Crippen molar-refractivity contribution in [2.75, 3.05) is 7.11 Å². The van der Waals surface area contributed by atoms with Crippen LogP contribution in [0.5, 0.6) is 5.75 Å². The van der Waals surface area contributed by atoms with Crippen LogP contribution in [0.4, 0.5) is 0 Å². The second kappa shape index (κ2) is 13.2. The fourth-order valence-corrected chi connectivity index (χ4v) is 4.29. The number of rotatable bonds is 13. The molecule has 0 spiro atoms. The van der Waals surface area contributed by atoms with Crippen molar-refractivity contribution in [3.63, 3.8) is 0 Å². The lowest BCUT2D eigenvalue weighted by Crippen LogP contribution is -2.49. The van der Waals surface area contributed by atoms with Crippen LogP contribution in [-0.4, -0.2) is 42.1 Å². The maximum atomic E-state index is 14.3. The third kappa shape index (κ3) is 7.02. The molecule has 2 atom stereocenters. The SMILES string of the molecule is COc1ccc(CN(C(=O)C(c2ccccc2)c2ccccc2)[C@@H](CCCC(N)C=N)C(N)=O)cc1. The Balaban J connectivity index is 2.01. The smallest absolute Gasteiger partial charge is 0.240 e. The van der Waals surface area contributed by atoms with Gasteiger partial charge >= 0.3 is 0 Å². The van der Waals surface area contributed by atoms with Gasteiger partial charge in [-0.1, -0.05) is 72.8 Å². The Morgan fingerprint density at radius 3 is 1.94 bits per heavy atom. The number of amides is 2. The van der Waals surface area contributed by atoms with Crippen LogP contribution in [0, 0.1) is 5.41 Å². The van der Waals surface area contributed by atoms with E-state index in [1.807, 2.05) is 84.9 Å². The van der Waals surface area contributed by atoms with Gasteiger partial charge in [-0.25, -0.2) is 0 Å². The van der Waals surface area contributed by atoms with E-state index in [1.54, 1.807) is 12.0 Å². The lowest BCUT2D eigenvalue weighted by molar-refractivity contribution is -0.141. The monoisotopic (exact) mass is 486 g/mol. The minimum atomic E-state index is -0.826. The first-order valence-corrected chi connectivity index (χ1v) is 12.0. The molecule has 0 saturated carbocycles. The summed E-state index contributed by atoms with van der Waals surface area (Å²) in [4.78, 5) is 28.6. The molecule has 0 aromatic heterocycles. The molecular weight excluding hydrogens is 452 g/mol. The maximum absolute atomic E-state index is 14.3. The zero-order valence-corrected chi connectivity index (χ0v) is 20.5. The van der Waals surface area contributed by atoms with Gasteiger partial charge in [0, 0.05) is 18.8 Å². The second-order valence-electron chi connectivity index (χ2n) is 8.75. The summed E-state index contributed by atoms with van der Waals surface area (Å²) in [6, 6.07) is 25.3. The summed E-state index contributed by atoms with van der Waals surface area (Å²) in [5.41, 5.74) is 14.3. The average Bonchev–Trinajstić information content (AvgIpc) is 2.91. The Bertz CT molecular complexity index is 1080. The Kier molecular flexibility index (Phi) is 9.77. The van der Waals surface area contributed by atoms with E-state index in [4.69, 9.17) is 21.6 Å². The molecule has 0 bridgehead atoms. The van der Waals surface area contributed by atoms with Crippen LogP contribution in [0.25, 0.3) is 0 Å². The molecule has 7 heteroatoms. The summed E-state index contributed by atoms with van der Waals surface area (Å²) in [6.45, 7) is 0.212. The number of nitrogens with two attached hydrogens (primary N) is 2. The molecule has 0 saturated heterocycles. The van der Waals surface area contributed by atoms with Crippen molar-refractivity contribution in [2.24, 2.45) is 11.5 Å². The zero-order valence-electron chi connectivity index (χ0n) is 20.5. The highest BCUT2D eigenvalue weighted by molar-refractivity contribution is 5.92. The minimum absolute atomic E-state index is 0.205. The number of carbonyl (C=O) groups excluding carboxylic acids is 2. The summed E-state index contributed by atoms with van der Waals surface area (Å²) in [5.74, 6) is -0.671. The van der Waals surface area contributed by atoms with Crippen molar-refractivity contribution in [1.82, 2.24) is 4.90 Å². The van der Waals surface area contributed by atoms with Gasteiger partial charge in [0.05, 0.1) is 13.0 Å². The molecule has 3 rings (SSSR count). The standard InChI is InChI=1S/C29H34N4O3/c1-36-25-17-15-21(16-18-25)20-33(26(28(32)34)14-8-13-24(31)19-30)29(35)27(22-9-4-2-5-10-22)23-11-6-3-7-12-23/h2-7,9-12,15-19,24,26-27,30H,8,13-14,20,31H2,1H3,(H2,32,34)/t24?,26-/m0/s1. The first-order valence-electron chi connectivity index (χ1n) is 12.0. The van der Waals surface area contributed by atoms with Gasteiger partial charge in [-0.05, 0) is 48.1 Å². The molecule has 5 N–H and O–H groups in total. The normalized spacial score (nSPS) is 12.5. The number of benzene rings is 3. The fraction of sp³-hybridized carbons (Fsp3) is 0.276. The number of primary amides is 1. The van der Waals surface area contributed by atoms with Crippen LogP contribution >= 0.6 is 0 Å². The minimum Gasteiger partial charge on any atom is -0.497 e. The van der Waals surface area contributed by atoms with E-state index in [-0.39, 0.29) is 12.5 Å². The molecule has 188 valence electrons. The number of methoxy groups -OCH3 is 1. The van der Waals surface area contributed by atoms with E-state index >= 15 is 0 Å². The van der Waals surface area contributed by atoms with Crippen LogP contribution in [0.1, 0.15) is 41.9 Å². The molecule has 0 radical (unpaired) electrons. The summed E-state index contributed by atoms with van der Waals surface area (Å²) in [6.07, 6.45) is 2.62. The van der Waals surface area contributed by atoms with Gasteiger partial charge in [0.2, 0.25) is 11.8 Å². The number of hydrogen-bond acceptors (Lipinski definition) is 5. The van der Waals surface area contributed by atoms with E-state index < -0.39 is 23.9 Å². The van der Waals surface area contributed by atoms with Gasteiger partial charge in [-0.3, -0.25) is 9.59 Å². The second-order valence-corrected chi connectivity index (χ2v) is 8.75. The molecular formula is C29H34N4O3. The average molecular weight is 487 g/mol. The predicted octanol–water partition coefficient (Wildman–Crippen LogP) is 3.86. The van der Waals surface area contributed by atoms with Crippen molar-refractivity contribution in [3.05, 3.63) is 102 Å². The van der Waals surface area contributed by atoms with Gasteiger partial charge in [0.15, 0.2) is 0 Å². The van der Waals surface area contributed by atoms with Crippen molar-refractivity contribution >= 4 is 18.0 Å². The summed E-state index contributed by atoms with van der Waals surface area (Å²) < 4.78 is 5.26. The van der Waals surface area contributed by atoms with Gasteiger partial charge in [0.1, 0.15) is 11.8 Å². The largest absolute Gasteiger partial charge is 0.497 e. The first kappa shape index (κ1) is 26.6. The molecule has 0 aliphatic carbocycles.